The van der Waals surface area contributed by atoms with Gasteiger partial charge in [0.2, 0.25) is 11.8 Å². The Morgan fingerprint density at radius 1 is 1.20 bits per heavy atom. The molecule has 0 fully saturated rings. The monoisotopic (exact) mass is 423 g/mol. The minimum atomic E-state index is -0.390. The van der Waals surface area contributed by atoms with Crippen LogP contribution in [-0.2, 0) is 11.3 Å². The molecule has 0 unspecified atom stereocenters. The highest BCUT2D eigenvalue weighted by molar-refractivity contribution is 6.31. The molecule has 0 bridgehead atoms. The predicted octanol–water partition coefficient (Wildman–Crippen LogP) is 3.81. The highest BCUT2D eigenvalue weighted by atomic mass is 35.5. The molecule has 7 nitrogen and oxygen atoms in total. The summed E-state index contributed by atoms with van der Waals surface area (Å²) in [7, 11) is 1.59. The normalized spacial score (nSPS) is 12.3. The molecule has 8 heteroatoms. The second-order valence-corrected chi connectivity index (χ2v) is 7.02. The summed E-state index contributed by atoms with van der Waals surface area (Å²) >= 11 is 6.14. The molecule has 2 heterocycles. The Balaban J connectivity index is 1.56. The Morgan fingerprint density at radius 3 is 2.77 bits per heavy atom. The van der Waals surface area contributed by atoms with Crippen molar-refractivity contribution in [2.75, 3.05) is 18.6 Å². The second kappa shape index (κ2) is 8.42. The zero-order valence-electron chi connectivity index (χ0n) is 16.1. The van der Waals surface area contributed by atoms with Gasteiger partial charge in [0.25, 0.3) is 5.91 Å². The van der Waals surface area contributed by atoms with Crippen molar-refractivity contribution >= 4 is 29.1 Å². The number of pyridine rings is 1. The standard InChI is InChI=1S/C22H18ClN3O4/c1-29-16-7-4-14(5-8-16)12-25-20(27)13-26-18-11-15(23)6-9-19(18)30-21-17(22(26)28)3-2-10-24-21/h2-11H,12-13H2,1H3,(H,25,27). The third-order valence-electron chi connectivity index (χ3n) is 4.62. The Kier molecular flexibility index (Phi) is 5.54. The number of halogens is 1. The summed E-state index contributed by atoms with van der Waals surface area (Å²) in [5.41, 5.74) is 1.59. The lowest BCUT2D eigenvalue weighted by Gasteiger charge is -2.21. The van der Waals surface area contributed by atoms with Crippen LogP contribution in [0.25, 0.3) is 0 Å². The fourth-order valence-electron chi connectivity index (χ4n) is 3.08. The van der Waals surface area contributed by atoms with Gasteiger partial charge in [0.05, 0.1) is 12.8 Å². The lowest BCUT2D eigenvalue weighted by molar-refractivity contribution is -0.119. The number of carbonyl (C=O) groups is 2. The third-order valence-corrected chi connectivity index (χ3v) is 4.85. The molecular weight excluding hydrogens is 406 g/mol. The van der Waals surface area contributed by atoms with Crippen LogP contribution in [0.1, 0.15) is 15.9 Å². The van der Waals surface area contributed by atoms with Gasteiger partial charge >= 0.3 is 0 Å². The zero-order valence-corrected chi connectivity index (χ0v) is 16.8. The molecule has 1 N–H and O–H groups in total. The van der Waals surface area contributed by atoms with Gasteiger partial charge in [-0.1, -0.05) is 23.7 Å². The van der Waals surface area contributed by atoms with E-state index < -0.39 is 5.91 Å². The molecule has 0 radical (unpaired) electrons. The molecule has 2 aromatic carbocycles. The minimum absolute atomic E-state index is 0.187. The fourth-order valence-corrected chi connectivity index (χ4v) is 3.25. The van der Waals surface area contributed by atoms with E-state index in [-0.39, 0.29) is 23.9 Å². The van der Waals surface area contributed by atoms with Gasteiger partial charge in [-0.15, -0.1) is 0 Å². The SMILES string of the molecule is COc1ccc(CNC(=O)CN2C(=O)c3cccnc3Oc3ccc(Cl)cc32)cc1. The Labute approximate surface area is 178 Å². The van der Waals surface area contributed by atoms with E-state index in [9.17, 15) is 9.59 Å². The van der Waals surface area contributed by atoms with Crippen LogP contribution in [0.3, 0.4) is 0 Å². The van der Waals surface area contributed by atoms with Crippen LogP contribution in [0.5, 0.6) is 17.4 Å². The van der Waals surface area contributed by atoms with Crippen LogP contribution in [0.15, 0.2) is 60.8 Å². The van der Waals surface area contributed by atoms with Gasteiger partial charge in [0.1, 0.15) is 17.9 Å². The second-order valence-electron chi connectivity index (χ2n) is 6.59. The summed E-state index contributed by atoms with van der Waals surface area (Å²) in [6.45, 7) is 0.127. The number of fused-ring (bicyclic) bond motifs is 2. The molecule has 1 aliphatic heterocycles. The first-order chi connectivity index (χ1) is 14.5. The van der Waals surface area contributed by atoms with Gasteiger partial charge in [-0.05, 0) is 48.0 Å². The number of methoxy groups -OCH3 is 1. The molecule has 0 aliphatic carbocycles. The van der Waals surface area contributed by atoms with Crippen LogP contribution in [0.4, 0.5) is 5.69 Å². The van der Waals surface area contributed by atoms with Crippen molar-refractivity contribution in [2.45, 2.75) is 6.54 Å². The van der Waals surface area contributed by atoms with E-state index in [0.29, 0.717) is 23.0 Å². The summed E-state index contributed by atoms with van der Waals surface area (Å²) in [5, 5.41) is 3.25. The van der Waals surface area contributed by atoms with Gasteiger partial charge < -0.3 is 14.8 Å². The van der Waals surface area contributed by atoms with E-state index in [1.807, 2.05) is 24.3 Å². The number of ether oxygens (including phenoxy) is 2. The predicted molar refractivity (Wildman–Crippen MR) is 112 cm³/mol. The van der Waals surface area contributed by atoms with Crippen molar-refractivity contribution in [1.29, 1.82) is 0 Å². The van der Waals surface area contributed by atoms with Gasteiger partial charge in [-0.2, -0.15) is 0 Å². The molecule has 4 rings (SSSR count). The van der Waals surface area contributed by atoms with Gasteiger partial charge in [-0.3, -0.25) is 14.5 Å². The smallest absolute Gasteiger partial charge is 0.264 e. The van der Waals surface area contributed by atoms with Crippen molar-refractivity contribution in [1.82, 2.24) is 10.3 Å². The van der Waals surface area contributed by atoms with Crippen molar-refractivity contribution < 1.29 is 19.1 Å². The molecule has 30 heavy (non-hydrogen) atoms. The Hall–Kier alpha value is -3.58. The summed E-state index contributed by atoms with van der Waals surface area (Å²) in [6.07, 6.45) is 1.54. The summed E-state index contributed by atoms with van der Waals surface area (Å²) in [6, 6.07) is 15.5. The maximum Gasteiger partial charge on any atom is 0.264 e. The largest absolute Gasteiger partial charge is 0.497 e. The quantitative estimate of drug-likeness (QED) is 0.674. The molecule has 0 atom stereocenters. The topological polar surface area (TPSA) is 80.8 Å². The van der Waals surface area contributed by atoms with E-state index in [2.05, 4.69) is 10.3 Å². The average Bonchev–Trinajstić information content (AvgIpc) is 2.88. The number of aromatic nitrogens is 1. The highest BCUT2D eigenvalue weighted by Gasteiger charge is 2.30. The van der Waals surface area contributed by atoms with Crippen molar-refractivity contribution in [2.24, 2.45) is 0 Å². The van der Waals surface area contributed by atoms with Crippen LogP contribution in [0.2, 0.25) is 5.02 Å². The number of carbonyl (C=O) groups excluding carboxylic acids is 2. The number of hydrogen-bond donors (Lipinski definition) is 1. The van der Waals surface area contributed by atoms with Gasteiger partial charge in [-0.25, -0.2) is 4.98 Å². The minimum Gasteiger partial charge on any atom is -0.497 e. The highest BCUT2D eigenvalue weighted by Crippen LogP contribution is 2.39. The molecule has 0 saturated heterocycles. The van der Waals surface area contributed by atoms with Crippen molar-refractivity contribution in [3.05, 3.63) is 76.9 Å². The van der Waals surface area contributed by atoms with Crippen LogP contribution < -0.4 is 19.7 Å². The lowest BCUT2D eigenvalue weighted by atomic mass is 10.2. The van der Waals surface area contributed by atoms with E-state index in [1.54, 1.807) is 43.6 Å². The maximum atomic E-state index is 13.2. The maximum absolute atomic E-state index is 13.2. The number of nitrogens with zero attached hydrogens (tertiary/aromatic N) is 2. The molecule has 1 aliphatic rings. The number of hydrogen-bond acceptors (Lipinski definition) is 5. The third kappa shape index (κ3) is 4.06. The number of anilines is 1. The lowest BCUT2D eigenvalue weighted by Crippen LogP contribution is -2.40. The fraction of sp³-hybridized carbons (Fsp3) is 0.136. The zero-order chi connectivity index (χ0) is 21.1. The van der Waals surface area contributed by atoms with E-state index in [4.69, 9.17) is 21.1 Å². The first-order valence-electron chi connectivity index (χ1n) is 9.19. The number of nitrogens with one attached hydrogen (secondary N) is 1. The summed E-state index contributed by atoms with van der Waals surface area (Å²) in [5.74, 6) is 0.609. The van der Waals surface area contributed by atoms with Crippen LogP contribution >= 0.6 is 11.6 Å². The molecule has 2 amide bonds. The van der Waals surface area contributed by atoms with Crippen LogP contribution in [0, 0.1) is 0 Å². The first-order valence-corrected chi connectivity index (χ1v) is 9.57. The van der Waals surface area contributed by atoms with Crippen LogP contribution in [-0.4, -0.2) is 30.5 Å². The molecule has 0 saturated carbocycles. The van der Waals surface area contributed by atoms with Crippen molar-refractivity contribution in [3.8, 4) is 17.4 Å². The van der Waals surface area contributed by atoms with E-state index in [1.165, 1.54) is 4.90 Å². The van der Waals surface area contributed by atoms with E-state index >= 15 is 0 Å². The molecule has 152 valence electrons. The first kappa shape index (κ1) is 19.7. The number of rotatable bonds is 5. The van der Waals surface area contributed by atoms with Gasteiger partial charge in [0, 0.05) is 17.8 Å². The summed E-state index contributed by atoms with van der Waals surface area (Å²) < 4.78 is 10.9. The van der Waals surface area contributed by atoms with E-state index in [0.717, 1.165) is 11.3 Å². The average molecular weight is 424 g/mol. The Morgan fingerprint density at radius 2 is 2.00 bits per heavy atom. The molecule has 1 aromatic heterocycles. The Bertz CT molecular complexity index is 1100. The summed E-state index contributed by atoms with van der Waals surface area (Å²) in [4.78, 5) is 31.3. The molecule has 3 aromatic rings. The molecular formula is C22H18ClN3O4. The van der Waals surface area contributed by atoms with Gasteiger partial charge in [0.15, 0.2) is 5.75 Å². The van der Waals surface area contributed by atoms with Crippen molar-refractivity contribution in [3.63, 3.8) is 0 Å². The number of amides is 2. The number of benzene rings is 2. The molecule has 0 spiro atoms.